The molecule has 0 radical (unpaired) electrons. The van der Waals surface area contributed by atoms with Crippen LogP contribution in [-0.4, -0.2) is 20.9 Å². The molecule has 0 bridgehead atoms. The van der Waals surface area contributed by atoms with E-state index in [4.69, 9.17) is 5.11 Å². The second-order valence-corrected chi connectivity index (χ2v) is 4.61. The van der Waals surface area contributed by atoms with Crippen LogP contribution in [0.2, 0.25) is 0 Å². The predicted molar refractivity (Wildman–Crippen MR) is 64.2 cm³/mol. The number of carboxylic acids is 1. The Bertz CT molecular complexity index is 568. The molecule has 1 aliphatic rings. The molecule has 2 aromatic rings. The quantitative estimate of drug-likeness (QED) is 0.863. The van der Waals surface area contributed by atoms with Gasteiger partial charge in [0.25, 0.3) is 0 Å². The third-order valence-corrected chi connectivity index (χ3v) is 3.52. The molecule has 1 aromatic carbocycles. The number of benzene rings is 1. The van der Waals surface area contributed by atoms with E-state index in [2.05, 4.69) is 5.10 Å². The Hall–Kier alpha value is -1.84. The van der Waals surface area contributed by atoms with E-state index in [0.717, 1.165) is 23.7 Å². The summed E-state index contributed by atoms with van der Waals surface area (Å²) in [6.45, 7) is 0. The fourth-order valence-electron chi connectivity index (χ4n) is 2.61. The molecule has 17 heavy (non-hydrogen) atoms. The highest BCUT2D eigenvalue weighted by Gasteiger charge is 2.19. The highest BCUT2D eigenvalue weighted by molar-refractivity contribution is 5.93. The van der Waals surface area contributed by atoms with Crippen LogP contribution in [0.15, 0.2) is 24.4 Å². The maximum Gasteiger partial charge on any atom is 0.335 e. The summed E-state index contributed by atoms with van der Waals surface area (Å²) in [6, 6.07) is 5.63. The molecule has 0 spiro atoms. The Labute approximate surface area is 98.9 Å². The number of aromatic nitrogens is 2. The number of carbonyl (C=O) groups is 1. The first-order chi connectivity index (χ1) is 8.25. The summed E-state index contributed by atoms with van der Waals surface area (Å²) >= 11 is 0. The Morgan fingerprint density at radius 3 is 2.82 bits per heavy atom. The van der Waals surface area contributed by atoms with Crippen LogP contribution in [0.4, 0.5) is 0 Å². The minimum Gasteiger partial charge on any atom is -0.478 e. The molecule has 0 amide bonds. The van der Waals surface area contributed by atoms with Crippen LogP contribution < -0.4 is 0 Å². The number of carboxylic acid groups (broad SMARTS) is 1. The van der Waals surface area contributed by atoms with Crippen molar-refractivity contribution < 1.29 is 9.90 Å². The molecule has 1 N–H and O–H groups in total. The van der Waals surface area contributed by atoms with Crippen molar-refractivity contribution in [1.29, 1.82) is 0 Å². The van der Waals surface area contributed by atoms with Gasteiger partial charge in [-0.3, -0.25) is 4.68 Å². The standard InChI is InChI=1S/C13H14N2O2/c16-13(17)9-5-6-10-8-14-15(12(10)7-9)11-3-1-2-4-11/h5-8,11H,1-4H2,(H,16,17). The molecule has 88 valence electrons. The van der Waals surface area contributed by atoms with Gasteiger partial charge in [-0.1, -0.05) is 18.9 Å². The van der Waals surface area contributed by atoms with E-state index in [1.165, 1.54) is 12.8 Å². The van der Waals surface area contributed by atoms with Gasteiger partial charge >= 0.3 is 5.97 Å². The average molecular weight is 230 g/mol. The minimum absolute atomic E-state index is 0.331. The van der Waals surface area contributed by atoms with Crippen molar-refractivity contribution in [2.45, 2.75) is 31.7 Å². The first-order valence-corrected chi connectivity index (χ1v) is 5.96. The summed E-state index contributed by atoms with van der Waals surface area (Å²) in [5.74, 6) is -0.883. The van der Waals surface area contributed by atoms with Gasteiger partial charge in [-0.2, -0.15) is 5.10 Å². The molecule has 0 saturated heterocycles. The largest absolute Gasteiger partial charge is 0.478 e. The van der Waals surface area contributed by atoms with Gasteiger partial charge < -0.3 is 5.11 Å². The molecule has 1 aliphatic carbocycles. The van der Waals surface area contributed by atoms with Crippen LogP contribution in [0, 0.1) is 0 Å². The summed E-state index contributed by atoms with van der Waals surface area (Å²) < 4.78 is 1.99. The van der Waals surface area contributed by atoms with Gasteiger partial charge in [-0.15, -0.1) is 0 Å². The highest BCUT2D eigenvalue weighted by Crippen LogP contribution is 2.31. The van der Waals surface area contributed by atoms with Crippen molar-refractivity contribution in [3.63, 3.8) is 0 Å². The van der Waals surface area contributed by atoms with E-state index in [1.807, 2.05) is 16.9 Å². The van der Waals surface area contributed by atoms with E-state index in [0.29, 0.717) is 11.6 Å². The first kappa shape index (κ1) is 10.3. The average Bonchev–Trinajstić information content (AvgIpc) is 2.96. The van der Waals surface area contributed by atoms with Crippen LogP contribution >= 0.6 is 0 Å². The van der Waals surface area contributed by atoms with Gasteiger partial charge in [-0.05, 0) is 25.0 Å². The molecular formula is C13H14N2O2. The molecule has 4 nitrogen and oxygen atoms in total. The van der Waals surface area contributed by atoms with Crippen LogP contribution in [0.1, 0.15) is 42.1 Å². The highest BCUT2D eigenvalue weighted by atomic mass is 16.4. The topological polar surface area (TPSA) is 55.1 Å². The lowest BCUT2D eigenvalue weighted by Gasteiger charge is -2.11. The van der Waals surface area contributed by atoms with Gasteiger partial charge in [0, 0.05) is 5.39 Å². The van der Waals surface area contributed by atoms with E-state index in [9.17, 15) is 4.79 Å². The van der Waals surface area contributed by atoms with Crippen molar-refractivity contribution >= 4 is 16.9 Å². The number of fused-ring (bicyclic) bond motifs is 1. The molecule has 0 unspecified atom stereocenters. The Morgan fingerprint density at radius 1 is 1.35 bits per heavy atom. The summed E-state index contributed by atoms with van der Waals surface area (Å²) in [4.78, 5) is 11.0. The monoisotopic (exact) mass is 230 g/mol. The Kier molecular flexibility index (Phi) is 2.35. The first-order valence-electron chi connectivity index (χ1n) is 5.96. The minimum atomic E-state index is -0.883. The lowest BCUT2D eigenvalue weighted by atomic mass is 10.1. The fourth-order valence-corrected chi connectivity index (χ4v) is 2.61. The molecule has 1 fully saturated rings. The van der Waals surface area contributed by atoms with E-state index >= 15 is 0 Å². The van der Waals surface area contributed by atoms with Crippen molar-refractivity contribution in [3.8, 4) is 0 Å². The normalized spacial score (nSPS) is 16.7. The van der Waals surface area contributed by atoms with E-state index < -0.39 is 5.97 Å². The Balaban J connectivity index is 2.11. The van der Waals surface area contributed by atoms with Crippen LogP contribution in [0.25, 0.3) is 10.9 Å². The Morgan fingerprint density at radius 2 is 2.12 bits per heavy atom. The predicted octanol–water partition coefficient (Wildman–Crippen LogP) is 2.85. The van der Waals surface area contributed by atoms with Gasteiger partial charge in [-0.25, -0.2) is 4.79 Å². The summed E-state index contributed by atoms with van der Waals surface area (Å²) in [6.07, 6.45) is 6.59. The number of hydrogen-bond donors (Lipinski definition) is 1. The van der Waals surface area contributed by atoms with Gasteiger partial charge in [0.05, 0.1) is 23.3 Å². The maximum absolute atomic E-state index is 11.0. The molecule has 1 heterocycles. The smallest absolute Gasteiger partial charge is 0.335 e. The van der Waals surface area contributed by atoms with Gasteiger partial charge in [0.2, 0.25) is 0 Å². The second kappa shape index (κ2) is 3.87. The molecule has 1 aromatic heterocycles. The zero-order valence-electron chi connectivity index (χ0n) is 9.47. The lowest BCUT2D eigenvalue weighted by Crippen LogP contribution is -2.06. The second-order valence-electron chi connectivity index (χ2n) is 4.61. The number of rotatable bonds is 2. The van der Waals surface area contributed by atoms with Crippen molar-refractivity contribution in [1.82, 2.24) is 9.78 Å². The molecule has 4 heteroatoms. The third-order valence-electron chi connectivity index (χ3n) is 3.52. The van der Waals surface area contributed by atoms with Gasteiger partial charge in [0.15, 0.2) is 0 Å². The SMILES string of the molecule is O=C(O)c1ccc2cnn(C3CCCC3)c2c1. The maximum atomic E-state index is 11.0. The number of nitrogens with zero attached hydrogens (tertiary/aromatic N) is 2. The van der Waals surface area contributed by atoms with E-state index in [1.54, 1.807) is 12.1 Å². The van der Waals surface area contributed by atoms with Crippen molar-refractivity contribution in [2.24, 2.45) is 0 Å². The third kappa shape index (κ3) is 1.69. The summed E-state index contributed by atoms with van der Waals surface area (Å²) in [5.41, 5.74) is 1.27. The molecule has 0 aliphatic heterocycles. The van der Waals surface area contributed by atoms with Gasteiger partial charge in [0.1, 0.15) is 0 Å². The molecule has 0 atom stereocenters. The lowest BCUT2D eigenvalue weighted by molar-refractivity contribution is 0.0697. The number of hydrogen-bond acceptors (Lipinski definition) is 2. The number of aromatic carboxylic acids is 1. The molecule has 1 saturated carbocycles. The van der Waals surface area contributed by atoms with Crippen molar-refractivity contribution in [3.05, 3.63) is 30.0 Å². The zero-order valence-corrected chi connectivity index (χ0v) is 9.47. The van der Waals surface area contributed by atoms with Crippen LogP contribution in [0.3, 0.4) is 0 Å². The zero-order chi connectivity index (χ0) is 11.8. The summed E-state index contributed by atoms with van der Waals surface area (Å²) in [5, 5.41) is 14.4. The van der Waals surface area contributed by atoms with Crippen LogP contribution in [-0.2, 0) is 0 Å². The van der Waals surface area contributed by atoms with E-state index in [-0.39, 0.29) is 0 Å². The van der Waals surface area contributed by atoms with Crippen molar-refractivity contribution in [2.75, 3.05) is 0 Å². The molecular weight excluding hydrogens is 216 g/mol. The summed E-state index contributed by atoms with van der Waals surface area (Å²) in [7, 11) is 0. The van der Waals surface area contributed by atoms with Crippen LogP contribution in [0.5, 0.6) is 0 Å². The fraction of sp³-hybridized carbons (Fsp3) is 0.385. The molecule has 3 rings (SSSR count).